The Morgan fingerprint density at radius 2 is 2.19 bits per heavy atom. The molecule has 0 aliphatic carbocycles. The van der Waals surface area contributed by atoms with Crippen molar-refractivity contribution in [1.82, 2.24) is 4.98 Å². The van der Waals surface area contributed by atoms with Crippen molar-refractivity contribution in [2.24, 2.45) is 5.73 Å². The van der Waals surface area contributed by atoms with Crippen LogP contribution in [0.25, 0.3) is 0 Å². The molecular formula is C12H21N3O. The molecule has 0 aromatic carbocycles. The second kappa shape index (κ2) is 5.82. The van der Waals surface area contributed by atoms with Crippen molar-refractivity contribution < 1.29 is 4.74 Å². The van der Waals surface area contributed by atoms with Crippen molar-refractivity contribution in [2.45, 2.75) is 26.4 Å². The Labute approximate surface area is 97.4 Å². The highest BCUT2D eigenvalue weighted by atomic mass is 16.5. The normalized spacial score (nSPS) is 12.6. The van der Waals surface area contributed by atoms with E-state index in [-0.39, 0.29) is 0 Å². The van der Waals surface area contributed by atoms with Gasteiger partial charge in [-0.25, -0.2) is 4.98 Å². The van der Waals surface area contributed by atoms with Crippen LogP contribution < -0.4 is 10.6 Å². The van der Waals surface area contributed by atoms with E-state index in [1.54, 1.807) is 7.11 Å². The number of hydrogen-bond donors (Lipinski definition) is 1. The molecule has 4 nitrogen and oxygen atoms in total. The van der Waals surface area contributed by atoms with Crippen LogP contribution in [-0.4, -0.2) is 31.8 Å². The van der Waals surface area contributed by atoms with E-state index >= 15 is 0 Å². The largest absolute Gasteiger partial charge is 0.383 e. The highest BCUT2D eigenvalue weighted by molar-refractivity contribution is 5.41. The van der Waals surface area contributed by atoms with Gasteiger partial charge in [0.05, 0.1) is 12.6 Å². The summed E-state index contributed by atoms with van der Waals surface area (Å²) >= 11 is 0. The smallest absolute Gasteiger partial charge is 0.128 e. The van der Waals surface area contributed by atoms with Gasteiger partial charge in [-0.1, -0.05) is 6.07 Å². The number of pyridine rings is 1. The number of hydrogen-bond acceptors (Lipinski definition) is 4. The molecule has 0 saturated heterocycles. The number of rotatable bonds is 5. The molecule has 16 heavy (non-hydrogen) atoms. The number of methoxy groups -OCH3 is 1. The molecule has 0 aliphatic rings. The average molecular weight is 223 g/mol. The van der Waals surface area contributed by atoms with E-state index in [0.29, 0.717) is 19.2 Å². The maximum Gasteiger partial charge on any atom is 0.128 e. The average Bonchev–Trinajstić information content (AvgIpc) is 2.28. The lowest BCUT2D eigenvalue weighted by molar-refractivity contribution is 0.183. The molecule has 1 atom stereocenters. The lowest BCUT2D eigenvalue weighted by atomic mass is 10.2. The van der Waals surface area contributed by atoms with Gasteiger partial charge in [0.15, 0.2) is 0 Å². The van der Waals surface area contributed by atoms with Gasteiger partial charge < -0.3 is 15.4 Å². The minimum Gasteiger partial charge on any atom is -0.383 e. The third-order valence-electron chi connectivity index (χ3n) is 2.83. The molecule has 0 aliphatic heterocycles. The summed E-state index contributed by atoms with van der Waals surface area (Å²) in [4.78, 5) is 6.65. The van der Waals surface area contributed by atoms with Crippen molar-refractivity contribution in [2.75, 3.05) is 25.7 Å². The topological polar surface area (TPSA) is 51.4 Å². The molecule has 1 heterocycles. The fraction of sp³-hybridized carbons (Fsp3) is 0.583. The zero-order valence-corrected chi connectivity index (χ0v) is 10.5. The third kappa shape index (κ3) is 2.93. The Kier molecular flexibility index (Phi) is 4.71. The minimum absolute atomic E-state index is 0.306. The lowest BCUT2D eigenvalue weighted by Crippen LogP contribution is -2.33. The van der Waals surface area contributed by atoms with Gasteiger partial charge in [0.25, 0.3) is 0 Å². The SMILES string of the molecule is COCC(C)N(C)c1ccc(CN)c(C)n1. The van der Waals surface area contributed by atoms with Crippen LogP contribution in [0.3, 0.4) is 0 Å². The van der Waals surface area contributed by atoms with Crippen molar-refractivity contribution in [3.05, 3.63) is 23.4 Å². The van der Waals surface area contributed by atoms with Crippen molar-refractivity contribution in [1.29, 1.82) is 0 Å². The standard InChI is InChI=1S/C12H21N3O/c1-9(8-16-4)15(3)12-6-5-11(7-13)10(2)14-12/h5-6,9H,7-8,13H2,1-4H3. The Morgan fingerprint density at radius 1 is 1.50 bits per heavy atom. The molecule has 0 radical (unpaired) electrons. The molecule has 2 N–H and O–H groups in total. The lowest BCUT2D eigenvalue weighted by Gasteiger charge is -2.25. The first-order valence-corrected chi connectivity index (χ1v) is 5.48. The summed E-state index contributed by atoms with van der Waals surface area (Å²) in [5, 5.41) is 0. The third-order valence-corrected chi connectivity index (χ3v) is 2.83. The molecule has 1 rings (SSSR count). The van der Waals surface area contributed by atoms with Crippen LogP contribution in [0.1, 0.15) is 18.2 Å². The number of aryl methyl sites for hydroxylation is 1. The van der Waals surface area contributed by atoms with Crippen LogP contribution in [0.4, 0.5) is 5.82 Å². The van der Waals surface area contributed by atoms with Crippen LogP contribution in [-0.2, 0) is 11.3 Å². The Bertz CT molecular complexity index is 341. The van der Waals surface area contributed by atoms with E-state index in [9.17, 15) is 0 Å². The maximum absolute atomic E-state index is 5.61. The van der Waals surface area contributed by atoms with Gasteiger partial charge in [-0.2, -0.15) is 0 Å². The first kappa shape index (κ1) is 12.9. The van der Waals surface area contributed by atoms with E-state index in [2.05, 4.69) is 16.8 Å². The molecule has 4 heteroatoms. The summed E-state index contributed by atoms with van der Waals surface area (Å²) in [6, 6.07) is 4.34. The van der Waals surface area contributed by atoms with Crippen LogP contribution in [0, 0.1) is 6.92 Å². The minimum atomic E-state index is 0.306. The van der Waals surface area contributed by atoms with E-state index in [1.165, 1.54) is 0 Å². The predicted molar refractivity (Wildman–Crippen MR) is 66.6 cm³/mol. The van der Waals surface area contributed by atoms with Crippen molar-refractivity contribution in [3.63, 3.8) is 0 Å². The number of anilines is 1. The first-order valence-electron chi connectivity index (χ1n) is 5.48. The van der Waals surface area contributed by atoms with Gasteiger partial charge in [-0.3, -0.25) is 0 Å². The highest BCUT2D eigenvalue weighted by Gasteiger charge is 2.11. The highest BCUT2D eigenvalue weighted by Crippen LogP contribution is 2.15. The number of nitrogens with two attached hydrogens (primary N) is 1. The second-order valence-corrected chi connectivity index (χ2v) is 4.03. The molecule has 1 aromatic rings. The molecule has 1 aromatic heterocycles. The Hall–Kier alpha value is -1.13. The van der Waals surface area contributed by atoms with Crippen LogP contribution in [0.5, 0.6) is 0 Å². The summed E-state index contributed by atoms with van der Waals surface area (Å²) in [6.45, 7) is 5.32. The molecule has 1 unspecified atom stereocenters. The molecule has 0 amide bonds. The number of aromatic nitrogens is 1. The van der Waals surface area contributed by atoms with Gasteiger partial charge in [0, 0.05) is 26.4 Å². The molecule has 0 bridgehead atoms. The van der Waals surface area contributed by atoms with Crippen molar-refractivity contribution >= 4 is 5.82 Å². The Morgan fingerprint density at radius 3 is 2.69 bits per heavy atom. The summed E-state index contributed by atoms with van der Waals surface area (Å²) in [7, 11) is 3.73. The van der Waals surface area contributed by atoms with Gasteiger partial charge in [-0.05, 0) is 25.5 Å². The van der Waals surface area contributed by atoms with E-state index in [4.69, 9.17) is 10.5 Å². The molecule has 0 spiro atoms. The number of nitrogens with zero attached hydrogens (tertiary/aromatic N) is 2. The molecule has 0 fully saturated rings. The maximum atomic E-state index is 5.61. The zero-order chi connectivity index (χ0) is 12.1. The van der Waals surface area contributed by atoms with E-state index in [1.807, 2.05) is 26.1 Å². The number of likely N-dealkylation sites (N-methyl/N-ethyl adjacent to an activating group) is 1. The van der Waals surface area contributed by atoms with Gasteiger partial charge >= 0.3 is 0 Å². The second-order valence-electron chi connectivity index (χ2n) is 4.03. The molecule has 90 valence electrons. The van der Waals surface area contributed by atoms with E-state index in [0.717, 1.165) is 17.1 Å². The fourth-order valence-electron chi connectivity index (χ4n) is 1.57. The summed E-state index contributed by atoms with van der Waals surface area (Å²) in [5.74, 6) is 0.958. The van der Waals surface area contributed by atoms with Crippen LogP contribution in [0.15, 0.2) is 12.1 Å². The summed E-state index contributed by atoms with van der Waals surface area (Å²) in [5.41, 5.74) is 7.70. The van der Waals surface area contributed by atoms with E-state index < -0.39 is 0 Å². The van der Waals surface area contributed by atoms with Crippen LogP contribution in [0.2, 0.25) is 0 Å². The van der Waals surface area contributed by atoms with Crippen molar-refractivity contribution in [3.8, 4) is 0 Å². The molecular weight excluding hydrogens is 202 g/mol. The summed E-state index contributed by atoms with van der Waals surface area (Å²) in [6.07, 6.45) is 0. The van der Waals surface area contributed by atoms with Gasteiger partial charge in [0.1, 0.15) is 5.82 Å². The quantitative estimate of drug-likeness (QED) is 0.818. The van der Waals surface area contributed by atoms with Gasteiger partial charge in [0.2, 0.25) is 0 Å². The predicted octanol–water partition coefficient (Wildman–Crippen LogP) is 1.32. The number of ether oxygens (including phenoxy) is 1. The summed E-state index contributed by atoms with van der Waals surface area (Å²) < 4.78 is 5.13. The zero-order valence-electron chi connectivity index (χ0n) is 10.5. The molecule has 0 saturated carbocycles. The first-order chi connectivity index (χ1) is 7.60. The fourth-order valence-corrected chi connectivity index (χ4v) is 1.57. The van der Waals surface area contributed by atoms with Gasteiger partial charge in [-0.15, -0.1) is 0 Å². The van der Waals surface area contributed by atoms with Crippen LogP contribution >= 0.6 is 0 Å². The monoisotopic (exact) mass is 223 g/mol. The Balaban J connectivity index is 2.84.